The van der Waals surface area contributed by atoms with Gasteiger partial charge in [0.15, 0.2) is 18.1 Å². The molecule has 0 unspecified atom stereocenters. The monoisotopic (exact) mass is 471 g/mol. The molecule has 0 saturated heterocycles. The number of hydrogen-bond donors (Lipinski definition) is 2. The summed E-state index contributed by atoms with van der Waals surface area (Å²) < 4.78 is 59.1. The molecular weight excluding hydrogens is 447 g/mol. The molecule has 33 heavy (non-hydrogen) atoms. The number of ether oxygens (including phenoxy) is 4. The first-order valence-electron chi connectivity index (χ1n) is 9.78. The van der Waals surface area contributed by atoms with Crippen molar-refractivity contribution in [3.8, 4) is 17.2 Å². The molecule has 0 heterocycles. The number of rotatable bonds is 11. The molecule has 0 aromatic heterocycles. The average molecular weight is 471 g/mol. The van der Waals surface area contributed by atoms with Crippen LogP contribution in [0.1, 0.15) is 17.5 Å². The Balaban J connectivity index is 1.93. The number of carbonyl (C=O) groups excluding carboxylic acids is 2. The fourth-order valence-electron chi connectivity index (χ4n) is 2.71. The van der Waals surface area contributed by atoms with Crippen molar-refractivity contribution in [1.82, 2.24) is 0 Å². The highest BCUT2D eigenvalue weighted by atomic mass is 19.4. The smallest absolute Gasteiger partial charge is 0.416 e. The zero-order valence-electron chi connectivity index (χ0n) is 18.0. The van der Waals surface area contributed by atoms with Crippen LogP contribution in [0.15, 0.2) is 36.4 Å². The Kier molecular flexibility index (Phi) is 9.34. The summed E-state index contributed by atoms with van der Waals surface area (Å²) in [6, 6.07) is 7.30. The average Bonchev–Trinajstić information content (AvgIpc) is 2.76. The molecule has 11 heteroatoms. The van der Waals surface area contributed by atoms with Gasteiger partial charge in [-0.05, 0) is 42.3 Å². The topological polar surface area (TPSA) is 103 Å². The van der Waals surface area contributed by atoms with Crippen molar-refractivity contribution in [2.75, 3.05) is 39.4 Å². The molecule has 0 bridgehead atoms. The number of esters is 1. The lowest BCUT2D eigenvalue weighted by Gasteiger charge is -2.15. The molecule has 8 nitrogen and oxygen atoms in total. The lowest BCUT2D eigenvalue weighted by Crippen LogP contribution is -2.22. The Bertz CT molecular complexity index is 963. The van der Waals surface area contributed by atoms with Crippen molar-refractivity contribution in [3.63, 3.8) is 0 Å². The van der Waals surface area contributed by atoms with E-state index in [0.717, 1.165) is 18.2 Å². The lowest BCUT2D eigenvalue weighted by atomic mass is 10.1. The van der Waals surface area contributed by atoms with Gasteiger partial charge in [0.1, 0.15) is 12.4 Å². The minimum atomic E-state index is -4.62. The van der Waals surface area contributed by atoms with Gasteiger partial charge >= 0.3 is 12.1 Å². The van der Waals surface area contributed by atoms with Crippen molar-refractivity contribution >= 4 is 17.6 Å². The van der Waals surface area contributed by atoms with E-state index in [1.54, 1.807) is 12.1 Å². The second kappa shape index (κ2) is 12.0. The van der Waals surface area contributed by atoms with Crippen LogP contribution in [-0.4, -0.2) is 51.0 Å². The summed E-state index contributed by atoms with van der Waals surface area (Å²) in [4.78, 5) is 24.1. The molecule has 0 atom stereocenters. The number of anilines is 1. The molecule has 0 saturated carbocycles. The van der Waals surface area contributed by atoms with E-state index in [-0.39, 0.29) is 49.0 Å². The van der Waals surface area contributed by atoms with Crippen LogP contribution >= 0.6 is 0 Å². The van der Waals surface area contributed by atoms with Gasteiger partial charge < -0.3 is 29.4 Å². The summed E-state index contributed by atoms with van der Waals surface area (Å²) in [7, 11) is 2.84. The summed E-state index contributed by atoms with van der Waals surface area (Å²) in [6.45, 7) is -0.445. The molecule has 0 fully saturated rings. The molecule has 0 aliphatic rings. The number of halogens is 3. The highest BCUT2D eigenvalue weighted by Crippen LogP contribution is 2.35. The molecule has 0 radical (unpaired) electrons. The van der Waals surface area contributed by atoms with Gasteiger partial charge in [0.25, 0.3) is 5.91 Å². The highest BCUT2D eigenvalue weighted by molar-refractivity contribution is 5.94. The van der Waals surface area contributed by atoms with Crippen molar-refractivity contribution in [3.05, 3.63) is 47.5 Å². The third-order valence-corrected chi connectivity index (χ3v) is 4.35. The maximum Gasteiger partial charge on any atom is 0.416 e. The van der Waals surface area contributed by atoms with E-state index in [1.807, 2.05) is 0 Å². The second-order valence-electron chi connectivity index (χ2n) is 6.77. The van der Waals surface area contributed by atoms with Gasteiger partial charge in [-0.1, -0.05) is 6.07 Å². The van der Waals surface area contributed by atoms with Gasteiger partial charge in [0.05, 0.1) is 25.0 Å². The lowest BCUT2D eigenvalue weighted by molar-refractivity contribution is -0.147. The summed E-state index contributed by atoms with van der Waals surface area (Å²) in [6.07, 6.45) is -4.45. The zero-order chi connectivity index (χ0) is 24.4. The third-order valence-electron chi connectivity index (χ3n) is 4.35. The first-order valence-corrected chi connectivity index (χ1v) is 9.78. The van der Waals surface area contributed by atoms with E-state index in [2.05, 4.69) is 5.32 Å². The minimum Gasteiger partial charge on any atom is -0.504 e. The Morgan fingerprint density at radius 1 is 1.03 bits per heavy atom. The number of alkyl halides is 3. The number of aryl methyl sites for hydroxylation is 1. The summed E-state index contributed by atoms with van der Waals surface area (Å²) in [5.74, 6) is -1.30. The number of carbonyl (C=O) groups is 2. The highest BCUT2D eigenvalue weighted by Gasteiger charge is 2.31. The fourth-order valence-corrected chi connectivity index (χ4v) is 2.71. The van der Waals surface area contributed by atoms with Crippen LogP contribution in [0, 0.1) is 0 Å². The van der Waals surface area contributed by atoms with Gasteiger partial charge in [-0.3, -0.25) is 9.59 Å². The van der Waals surface area contributed by atoms with Crippen LogP contribution in [0.25, 0.3) is 0 Å². The molecule has 2 aromatic rings. The molecule has 2 rings (SSSR count). The summed E-state index contributed by atoms with van der Waals surface area (Å²) >= 11 is 0. The van der Waals surface area contributed by atoms with Gasteiger partial charge in [0.2, 0.25) is 0 Å². The predicted octanol–water partition coefficient (Wildman–Crippen LogP) is 3.56. The number of phenols is 1. The molecule has 1 amide bonds. The molecular formula is C22H24F3NO7. The van der Waals surface area contributed by atoms with E-state index in [9.17, 15) is 27.9 Å². The van der Waals surface area contributed by atoms with E-state index in [1.165, 1.54) is 20.3 Å². The Morgan fingerprint density at radius 3 is 2.39 bits per heavy atom. The number of amides is 1. The number of phenolic OH excluding ortho intramolecular Hbond substituents is 1. The van der Waals surface area contributed by atoms with E-state index in [0.29, 0.717) is 5.56 Å². The van der Waals surface area contributed by atoms with Gasteiger partial charge in [-0.2, -0.15) is 13.2 Å². The van der Waals surface area contributed by atoms with E-state index < -0.39 is 30.2 Å². The maximum absolute atomic E-state index is 13.0. The van der Waals surface area contributed by atoms with Crippen molar-refractivity contribution in [2.24, 2.45) is 0 Å². The number of benzene rings is 2. The minimum absolute atomic E-state index is 0.0130. The predicted molar refractivity (Wildman–Crippen MR) is 111 cm³/mol. The van der Waals surface area contributed by atoms with Crippen molar-refractivity contribution in [1.29, 1.82) is 0 Å². The van der Waals surface area contributed by atoms with Crippen LogP contribution in [0.4, 0.5) is 18.9 Å². The Morgan fingerprint density at radius 2 is 1.76 bits per heavy atom. The first-order chi connectivity index (χ1) is 15.6. The SMILES string of the molecule is COCCOc1ccc(C(F)(F)F)cc1NC(=O)COC(=O)CCc1ccc(OC)c(O)c1. The number of methoxy groups -OCH3 is 2. The standard InChI is InChI=1S/C22H24F3NO7/c1-30-9-10-32-18-7-5-15(22(23,24)25)12-16(18)26-20(28)13-33-21(29)8-4-14-3-6-19(31-2)17(27)11-14/h3,5-7,11-12,27H,4,8-10,13H2,1-2H3,(H,26,28). The third kappa shape index (κ3) is 8.19. The zero-order valence-corrected chi connectivity index (χ0v) is 18.0. The summed E-state index contributed by atoms with van der Waals surface area (Å²) in [5.41, 5.74) is -0.538. The van der Waals surface area contributed by atoms with Crippen molar-refractivity contribution < 1.29 is 46.8 Å². The normalized spacial score (nSPS) is 11.1. The van der Waals surface area contributed by atoms with Crippen LogP contribution < -0.4 is 14.8 Å². The van der Waals surface area contributed by atoms with Gasteiger partial charge in [0, 0.05) is 13.5 Å². The van der Waals surface area contributed by atoms with Crippen LogP contribution in [-0.2, 0) is 31.7 Å². The summed E-state index contributed by atoms with van der Waals surface area (Å²) in [5, 5.41) is 12.0. The van der Waals surface area contributed by atoms with Gasteiger partial charge in [-0.25, -0.2) is 0 Å². The molecule has 180 valence electrons. The molecule has 0 spiro atoms. The quantitative estimate of drug-likeness (QED) is 0.382. The first kappa shape index (κ1) is 25.8. The largest absolute Gasteiger partial charge is 0.504 e. The Labute approximate surface area is 188 Å². The van der Waals surface area contributed by atoms with E-state index >= 15 is 0 Å². The van der Waals surface area contributed by atoms with Crippen LogP contribution in [0.5, 0.6) is 17.2 Å². The fraction of sp³-hybridized carbons (Fsp3) is 0.364. The number of nitrogens with one attached hydrogen (secondary N) is 1. The van der Waals surface area contributed by atoms with Crippen molar-refractivity contribution in [2.45, 2.75) is 19.0 Å². The van der Waals surface area contributed by atoms with E-state index in [4.69, 9.17) is 18.9 Å². The Hall–Kier alpha value is -3.47. The second-order valence-corrected chi connectivity index (χ2v) is 6.77. The molecule has 2 aromatic carbocycles. The number of hydrogen-bond acceptors (Lipinski definition) is 7. The molecule has 0 aliphatic heterocycles. The van der Waals surface area contributed by atoms with Crippen LogP contribution in [0.3, 0.4) is 0 Å². The molecule has 0 aliphatic carbocycles. The molecule has 2 N–H and O–H groups in total. The van der Waals surface area contributed by atoms with Crippen LogP contribution in [0.2, 0.25) is 0 Å². The maximum atomic E-state index is 13.0. The number of aromatic hydroxyl groups is 1. The van der Waals surface area contributed by atoms with Gasteiger partial charge in [-0.15, -0.1) is 0 Å².